The second-order valence-electron chi connectivity index (χ2n) is 14.5. The summed E-state index contributed by atoms with van der Waals surface area (Å²) < 4.78 is 5.78. The normalized spacial score (nSPS) is 16.3. The van der Waals surface area contributed by atoms with Crippen LogP contribution in [-0.2, 0) is 32.0 Å². The van der Waals surface area contributed by atoms with Gasteiger partial charge in [0.2, 0.25) is 11.8 Å². The first-order chi connectivity index (χ1) is 25.0. The van der Waals surface area contributed by atoms with Crippen molar-refractivity contribution < 1.29 is 29.1 Å². The van der Waals surface area contributed by atoms with Gasteiger partial charge in [0.1, 0.15) is 24.7 Å². The lowest BCUT2D eigenvalue weighted by atomic mass is 9.98. The molecule has 52 heavy (non-hydrogen) atoms. The lowest BCUT2D eigenvalue weighted by Crippen LogP contribution is -2.59. The van der Waals surface area contributed by atoms with Crippen LogP contribution in [0.25, 0.3) is 11.1 Å². The van der Waals surface area contributed by atoms with Crippen molar-refractivity contribution in [1.29, 1.82) is 0 Å². The minimum absolute atomic E-state index is 0.00494. The first kappa shape index (κ1) is 36.3. The molecule has 270 valence electrons. The second-order valence-corrected chi connectivity index (χ2v) is 14.5. The van der Waals surface area contributed by atoms with Gasteiger partial charge in [-0.1, -0.05) is 109 Å². The molecule has 4 amide bonds. The maximum atomic E-state index is 14.3. The molecule has 4 aromatic carbocycles. The highest BCUT2D eigenvalue weighted by Gasteiger charge is 2.42. The van der Waals surface area contributed by atoms with E-state index in [0.717, 1.165) is 27.8 Å². The Labute approximate surface area is 304 Å². The van der Waals surface area contributed by atoms with Crippen molar-refractivity contribution in [3.63, 3.8) is 0 Å². The largest absolute Gasteiger partial charge is 0.449 e. The molecule has 0 spiro atoms. The minimum atomic E-state index is -1.36. The van der Waals surface area contributed by atoms with Gasteiger partial charge in [-0.05, 0) is 67.0 Å². The summed E-state index contributed by atoms with van der Waals surface area (Å²) in [6.07, 6.45) is 0.271. The number of hydrogen-bond acceptors (Lipinski definition) is 6. The van der Waals surface area contributed by atoms with E-state index in [2.05, 4.69) is 10.6 Å². The topological polar surface area (TPSA) is 128 Å². The Bertz CT molecular complexity index is 1850. The van der Waals surface area contributed by atoms with Gasteiger partial charge < -0.3 is 20.3 Å². The van der Waals surface area contributed by atoms with Crippen molar-refractivity contribution in [3.8, 4) is 11.1 Å². The van der Waals surface area contributed by atoms with Crippen LogP contribution in [-0.4, -0.2) is 75.8 Å². The highest BCUT2D eigenvalue weighted by molar-refractivity contribution is 5.94. The van der Waals surface area contributed by atoms with E-state index in [9.17, 15) is 24.4 Å². The number of benzene rings is 4. The number of likely N-dealkylation sites (tertiary alicyclic amines) is 1. The number of fused-ring (bicyclic) bond motifs is 3. The van der Waals surface area contributed by atoms with E-state index >= 15 is 0 Å². The molecule has 1 saturated heterocycles. The molecule has 6 rings (SSSR count). The van der Waals surface area contributed by atoms with Gasteiger partial charge in [-0.15, -0.1) is 0 Å². The molecule has 1 aliphatic heterocycles. The smallest absolute Gasteiger partial charge is 0.407 e. The van der Waals surface area contributed by atoms with Crippen LogP contribution in [0.5, 0.6) is 0 Å². The Kier molecular flexibility index (Phi) is 11.0. The van der Waals surface area contributed by atoms with E-state index in [4.69, 9.17) is 4.74 Å². The van der Waals surface area contributed by atoms with Gasteiger partial charge in [0.15, 0.2) is 0 Å². The number of alkyl carbamates (subject to hydrolysis) is 1. The monoisotopic (exact) mass is 702 g/mol. The summed E-state index contributed by atoms with van der Waals surface area (Å²) >= 11 is 0. The van der Waals surface area contributed by atoms with Crippen LogP contribution in [0.3, 0.4) is 0 Å². The molecule has 10 nitrogen and oxygen atoms in total. The van der Waals surface area contributed by atoms with Crippen LogP contribution >= 0.6 is 0 Å². The molecular formula is C42H46N4O6. The molecule has 1 aliphatic carbocycles. The maximum Gasteiger partial charge on any atom is 0.407 e. The summed E-state index contributed by atoms with van der Waals surface area (Å²) in [5, 5.41) is 17.8. The molecule has 0 radical (unpaired) electrons. The number of hydrogen-bond donors (Lipinski definition) is 3. The quantitative estimate of drug-likeness (QED) is 0.133. The predicted molar refractivity (Wildman–Crippen MR) is 197 cm³/mol. The fraction of sp³-hybridized carbons (Fsp3) is 0.333. The summed E-state index contributed by atoms with van der Waals surface area (Å²) in [6, 6.07) is 30.8. The predicted octanol–water partition coefficient (Wildman–Crippen LogP) is 5.87. The van der Waals surface area contributed by atoms with E-state index in [-0.39, 0.29) is 31.3 Å². The zero-order valence-electron chi connectivity index (χ0n) is 29.8. The molecule has 3 atom stereocenters. The number of carbonyl (C=O) groups excluding carboxylic acids is 4. The summed E-state index contributed by atoms with van der Waals surface area (Å²) in [6.45, 7) is 5.95. The van der Waals surface area contributed by atoms with Crippen LogP contribution in [0.2, 0.25) is 0 Å². The lowest BCUT2D eigenvalue weighted by molar-refractivity contribution is -0.185. The molecule has 0 aromatic heterocycles. The summed E-state index contributed by atoms with van der Waals surface area (Å²) in [5.74, 6) is -1.90. The van der Waals surface area contributed by atoms with Gasteiger partial charge in [-0.25, -0.2) is 9.86 Å². The Morgan fingerprint density at radius 1 is 0.808 bits per heavy atom. The summed E-state index contributed by atoms with van der Waals surface area (Å²) in [5.41, 5.74) is 5.22. The standard InChI is InChI=1S/C42H46N4O6/c1-42(2,3)44-38(47)36-23-14-24-45(36)40(49)37(26-29-17-8-5-9-18-29)46(51)39(48)35(25-28-15-6-4-7-16-28)43-41(50)52-27-34-32-21-12-10-19-30(32)31-20-11-13-22-33(31)34/h4-13,15-22,34-37,51H,14,23-27H2,1-3H3,(H,43,50)(H,44,47)/t35-,36+,37+/m0/s1. The van der Waals surface area contributed by atoms with Crippen molar-refractivity contribution in [2.45, 2.75) is 76.0 Å². The van der Waals surface area contributed by atoms with Gasteiger partial charge >= 0.3 is 6.09 Å². The number of rotatable bonds is 11. The number of nitrogens with zero attached hydrogens (tertiary/aromatic N) is 2. The molecule has 0 saturated carbocycles. The summed E-state index contributed by atoms with van der Waals surface area (Å²) in [7, 11) is 0. The number of carbonyl (C=O) groups is 4. The number of hydroxylamine groups is 2. The highest BCUT2D eigenvalue weighted by Crippen LogP contribution is 2.44. The van der Waals surface area contributed by atoms with Gasteiger partial charge in [-0.2, -0.15) is 0 Å². The van der Waals surface area contributed by atoms with Crippen molar-refractivity contribution >= 4 is 23.8 Å². The average Bonchev–Trinajstić information content (AvgIpc) is 3.76. The summed E-state index contributed by atoms with van der Waals surface area (Å²) in [4.78, 5) is 56.8. The number of nitrogens with one attached hydrogen (secondary N) is 2. The van der Waals surface area contributed by atoms with E-state index in [1.165, 1.54) is 4.90 Å². The Balaban J connectivity index is 1.23. The van der Waals surface area contributed by atoms with Crippen LogP contribution in [0.15, 0.2) is 109 Å². The van der Waals surface area contributed by atoms with Gasteiger partial charge in [0.05, 0.1) is 0 Å². The van der Waals surface area contributed by atoms with Crippen LogP contribution < -0.4 is 10.6 Å². The molecular weight excluding hydrogens is 656 g/mol. The highest BCUT2D eigenvalue weighted by atomic mass is 16.5. The lowest BCUT2D eigenvalue weighted by Gasteiger charge is -2.34. The Hall–Kier alpha value is -5.48. The fourth-order valence-corrected chi connectivity index (χ4v) is 7.21. The van der Waals surface area contributed by atoms with E-state index in [0.29, 0.717) is 30.0 Å². The molecule has 1 heterocycles. The molecule has 0 unspecified atom stereocenters. The van der Waals surface area contributed by atoms with Crippen molar-refractivity contribution in [2.24, 2.45) is 0 Å². The molecule has 10 heteroatoms. The average molecular weight is 703 g/mol. The van der Waals surface area contributed by atoms with Crippen molar-refractivity contribution in [2.75, 3.05) is 13.2 Å². The third-order valence-electron chi connectivity index (χ3n) is 9.63. The number of ether oxygens (including phenoxy) is 1. The van der Waals surface area contributed by atoms with Crippen LogP contribution in [0.1, 0.15) is 61.8 Å². The van der Waals surface area contributed by atoms with Crippen molar-refractivity contribution in [3.05, 3.63) is 131 Å². The third kappa shape index (κ3) is 8.35. The van der Waals surface area contributed by atoms with Gasteiger partial charge in [-0.3, -0.25) is 19.6 Å². The van der Waals surface area contributed by atoms with Crippen molar-refractivity contribution in [1.82, 2.24) is 20.6 Å². The Morgan fingerprint density at radius 3 is 1.92 bits per heavy atom. The zero-order valence-corrected chi connectivity index (χ0v) is 29.8. The Morgan fingerprint density at radius 2 is 1.35 bits per heavy atom. The minimum Gasteiger partial charge on any atom is -0.449 e. The van der Waals surface area contributed by atoms with Gasteiger partial charge in [0, 0.05) is 30.8 Å². The van der Waals surface area contributed by atoms with Crippen LogP contribution in [0, 0.1) is 0 Å². The van der Waals surface area contributed by atoms with E-state index < -0.39 is 41.6 Å². The number of amides is 4. The third-order valence-corrected chi connectivity index (χ3v) is 9.63. The second kappa shape index (κ2) is 15.8. The van der Waals surface area contributed by atoms with Gasteiger partial charge in [0.25, 0.3) is 5.91 Å². The SMILES string of the molecule is CC(C)(C)NC(=O)[C@H]1CCCN1C(=O)[C@@H](Cc1ccccc1)N(O)C(=O)[C@H](Cc1ccccc1)NC(=O)OCC1c2ccccc2-c2ccccc21. The van der Waals surface area contributed by atoms with Crippen LogP contribution in [0.4, 0.5) is 4.79 Å². The molecule has 2 aliphatic rings. The molecule has 1 fully saturated rings. The maximum absolute atomic E-state index is 14.3. The fourth-order valence-electron chi connectivity index (χ4n) is 7.21. The molecule has 3 N–H and O–H groups in total. The molecule has 0 bridgehead atoms. The zero-order chi connectivity index (χ0) is 36.8. The first-order valence-electron chi connectivity index (χ1n) is 17.8. The van der Waals surface area contributed by atoms with E-state index in [1.54, 1.807) is 0 Å². The first-order valence-corrected chi connectivity index (χ1v) is 17.8. The van der Waals surface area contributed by atoms with E-state index in [1.807, 2.05) is 130 Å². The molecule has 4 aromatic rings.